The number of hydrogen-bond acceptors (Lipinski definition) is 2. The summed E-state index contributed by atoms with van der Waals surface area (Å²) in [5.41, 5.74) is 7.01. The molecule has 0 radical (unpaired) electrons. The summed E-state index contributed by atoms with van der Waals surface area (Å²) < 4.78 is 13.8. The van der Waals surface area contributed by atoms with Crippen molar-refractivity contribution < 1.29 is 4.39 Å². The molecule has 2 rings (SSSR count). The highest BCUT2D eigenvalue weighted by atomic mass is 79.9. The largest absolute Gasteiger partial charge is 0.326 e. The first kappa shape index (κ1) is 12.0. The van der Waals surface area contributed by atoms with E-state index in [1.165, 1.54) is 12.1 Å². The Labute approximate surface area is 104 Å². The van der Waals surface area contributed by atoms with E-state index in [1.54, 1.807) is 0 Å². The molecule has 2 unspecified atom stereocenters. The lowest BCUT2D eigenvalue weighted by Crippen LogP contribution is -2.29. The Hall–Kier alpha value is -0.450. The quantitative estimate of drug-likeness (QED) is 0.906. The second-order valence-electron chi connectivity index (χ2n) is 4.39. The lowest BCUT2D eigenvalue weighted by molar-refractivity contribution is 0.259. The van der Waals surface area contributed by atoms with Gasteiger partial charge in [-0.3, -0.25) is 4.90 Å². The van der Waals surface area contributed by atoms with E-state index in [-0.39, 0.29) is 17.9 Å². The number of rotatable bonds is 2. The van der Waals surface area contributed by atoms with Gasteiger partial charge >= 0.3 is 0 Å². The molecule has 4 heteroatoms. The van der Waals surface area contributed by atoms with E-state index >= 15 is 0 Å². The highest BCUT2D eigenvalue weighted by Gasteiger charge is 2.25. The first-order valence-electron chi connectivity index (χ1n) is 5.52. The van der Waals surface area contributed by atoms with Crippen molar-refractivity contribution in [2.24, 2.45) is 5.73 Å². The van der Waals surface area contributed by atoms with E-state index in [2.05, 4.69) is 27.8 Å². The Kier molecular flexibility index (Phi) is 3.62. The van der Waals surface area contributed by atoms with Crippen LogP contribution in [-0.4, -0.2) is 24.0 Å². The molecule has 0 amide bonds. The van der Waals surface area contributed by atoms with Gasteiger partial charge < -0.3 is 5.73 Å². The van der Waals surface area contributed by atoms with Crippen LogP contribution in [-0.2, 0) is 0 Å². The van der Waals surface area contributed by atoms with Crippen LogP contribution in [0, 0.1) is 5.82 Å². The fourth-order valence-electron chi connectivity index (χ4n) is 2.20. The third-order valence-corrected chi connectivity index (χ3v) is 3.90. The van der Waals surface area contributed by atoms with Crippen molar-refractivity contribution in [1.82, 2.24) is 4.90 Å². The zero-order chi connectivity index (χ0) is 11.7. The lowest BCUT2D eigenvalue weighted by atomic mass is 10.1. The predicted molar refractivity (Wildman–Crippen MR) is 66.7 cm³/mol. The van der Waals surface area contributed by atoms with Crippen molar-refractivity contribution in [3.8, 4) is 0 Å². The van der Waals surface area contributed by atoms with Gasteiger partial charge in [-0.2, -0.15) is 0 Å². The minimum absolute atomic E-state index is 0.207. The third kappa shape index (κ3) is 2.44. The van der Waals surface area contributed by atoms with Gasteiger partial charge in [0.25, 0.3) is 0 Å². The minimum atomic E-state index is -0.207. The minimum Gasteiger partial charge on any atom is -0.326 e. The van der Waals surface area contributed by atoms with E-state index in [4.69, 9.17) is 5.73 Å². The van der Waals surface area contributed by atoms with Crippen LogP contribution in [0.5, 0.6) is 0 Å². The molecule has 1 heterocycles. The van der Waals surface area contributed by atoms with Gasteiger partial charge in [0.2, 0.25) is 0 Å². The van der Waals surface area contributed by atoms with Gasteiger partial charge in [0, 0.05) is 29.6 Å². The van der Waals surface area contributed by atoms with E-state index < -0.39 is 0 Å². The summed E-state index contributed by atoms with van der Waals surface area (Å²) in [6.45, 7) is 4.08. The van der Waals surface area contributed by atoms with E-state index in [0.29, 0.717) is 0 Å². The summed E-state index contributed by atoms with van der Waals surface area (Å²) in [6, 6.07) is 5.42. The first-order valence-corrected chi connectivity index (χ1v) is 6.32. The molecule has 1 aromatic rings. The molecule has 2 N–H and O–H groups in total. The van der Waals surface area contributed by atoms with Gasteiger partial charge in [-0.1, -0.05) is 22.0 Å². The summed E-state index contributed by atoms with van der Waals surface area (Å²) in [4.78, 5) is 2.34. The number of halogens is 2. The van der Waals surface area contributed by atoms with E-state index in [9.17, 15) is 4.39 Å². The van der Waals surface area contributed by atoms with Crippen molar-refractivity contribution in [2.45, 2.75) is 25.4 Å². The van der Waals surface area contributed by atoms with Gasteiger partial charge in [-0.25, -0.2) is 4.39 Å². The van der Waals surface area contributed by atoms with Gasteiger partial charge in [-0.15, -0.1) is 0 Å². The number of nitrogens with two attached hydrogens (primary N) is 1. The SMILES string of the molecule is CC(c1ccc(F)cc1Br)N1CCC(N)C1. The third-order valence-electron chi connectivity index (χ3n) is 3.22. The molecular weight excluding hydrogens is 271 g/mol. The molecule has 0 aliphatic carbocycles. The average Bonchev–Trinajstić information content (AvgIpc) is 2.64. The maximum absolute atomic E-state index is 13.0. The highest BCUT2D eigenvalue weighted by molar-refractivity contribution is 9.10. The molecule has 16 heavy (non-hydrogen) atoms. The molecule has 0 saturated carbocycles. The van der Waals surface area contributed by atoms with Gasteiger partial charge in [0.05, 0.1) is 0 Å². The number of hydrogen-bond donors (Lipinski definition) is 1. The molecule has 88 valence electrons. The van der Waals surface area contributed by atoms with E-state index in [0.717, 1.165) is 29.5 Å². The van der Waals surface area contributed by atoms with Crippen LogP contribution in [0.2, 0.25) is 0 Å². The summed E-state index contributed by atoms with van der Waals surface area (Å²) in [5, 5.41) is 0. The van der Waals surface area contributed by atoms with Gasteiger partial charge in [-0.05, 0) is 31.0 Å². The van der Waals surface area contributed by atoms with Crippen molar-refractivity contribution in [1.29, 1.82) is 0 Å². The molecule has 2 nitrogen and oxygen atoms in total. The van der Waals surface area contributed by atoms with Crippen LogP contribution in [0.3, 0.4) is 0 Å². The number of benzene rings is 1. The van der Waals surface area contributed by atoms with Crippen LogP contribution >= 0.6 is 15.9 Å². The van der Waals surface area contributed by atoms with Crippen LogP contribution in [0.1, 0.15) is 24.9 Å². The zero-order valence-electron chi connectivity index (χ0n) is 9.29. The molecule has 1 fully saturated rings. The molecule has 1 aliphatic heterocycles. The fourth-order valence-corrected chi connectivity index (χ4v) is 2.89. The Morgan fingerprint density at radius 1 is 1.56 bits per heavy atom. The van der Waals surface area contributed by atoms with Crippen LogP contribution < -0.4 is 5.73 Å². The Balaban J connectivity index is 2.17. The summed E-state index contributed by atoms with van der Waals surface area (Å²) in [7, 11) is 0. The monoisotopic (exact) mass is 286 g/mol. The van der Waals surface area contributed by atoms with Crippen molar-refractivity contribution >= 4 is 15.9 Å². The van der Waals surface area contributed by atoms with Crippen molar-refractivity contribution in [2.75, 3.05) is 13.1 Å². The van der Waals surface area contributed by atoms with Crippen LogP contribution in [0.15, 0.2) is 22.7 Å². The number of nitrogens with zero attached hydrogens (tertiary/aromatic N) is 1. The molecule has 2 atom stereocenters. The topological polar surface area (TPSA) is 29.3 Å². The first-order chi connectivity index (χ1) is 7.58. The smallest absolute Gasteiger partial charge is 0.124 e. The van der Waals surface area contributed by atoms with E-state index in [1.807, 2.05) is 6.07 Å². The predicted octanol–water partition coefficient (Wildman–Crippen LogP) is 2.68. The average molecular weight is 287 g/mol. The number of likely N-dealkylation sites (tertiary alicyclic amines) is 1. The van der Waals surface area contributed by atoms with Crippen molar-refractivity contribution in [3.63, 3.8) is 0 Å². The Morgan fingerprint density at radius 2 is 2.31 bits per heavy atom. The van der Waals surface area contributed by atoms with Crippen LogP contribution in [0.4, 0.5) is 4.39 Å². The zero-order valence-corrected chi connectivity index (χ0v) is 10.9. The molecule has 1 aliphatic rings. The highest BCUT2D eigenvalue weighted by Crippen LogP contribution is 2.30. The summed E-state index contributed by atoms with van der Waals surface area (Å²) in [5.74, 6) is -0.207. The second-order valence-corrected chi connectivity index (χ2v) is 5.24. The fraction of sp³-hybridized carbons (Fsp3) is 0.500. The second kappa shape index (κ2) is 4.82. The van der Waals surface area contributed by atoms with Gasteiger partial charge in [0.15, 0.2) is 0 Å². The lowest BCUT2D eigenvalue weighted by Gasteiger charge is -2.25. The van der Waals surface area contributed by atoms with Crippen molar-refractivity contribution in [3.05, 3.63) is 34.1 Å². The molecule has 1 saturated heterocycles. The molecule has 0 aromatic heterocycles. The Bertz CT molecular complexity index is 383. The molecule has 0 bridgehead atoms. The molecular formula is C12H16BrFN2. The normalized spacial score (nSPS) is 23.6. The summed E-state index contributed by atoms with van der Waals surface area (Å²) >= 11 is 3.41. The standard InChI is InChI=1S/C12H16BrFN2/c1-8(16-5-4-10(15)7-16)11-3-2-9(14)6-12(11)13/h2-3,6,8,10H,4-5,7,15H2,1H3. The molecule has 1 aromatic carbocycles. The summed E-state index contributed by atoms with van der Waals surface area (Å²) in [6.07, 6.45) is 1.04. The van der Waals surface area contributed by atoms with Gasteiger partial charge in [0.1, 0.15) is 5.82 Å². The molecule has 0 spiro atoms. The maximum Gasteiger partial charge on any atom is 0.124 e. The van der Waals surface area contributed by atoms with Crippen LogP contribution in [0.25, 0.3) is 0 Å². The Morgan fingerprint density at radius 3 is 2.88 bits per heavy atom. The maximum atomic E-state index is 13.0.